The summed E-state index contributed by atoms with van der Waals surface area (Å²) in [6.07, 6.45) is -2.10. The molecule has 4 rings (SSSR count). The van der Waals surface area contributed by atoms with Crippen LogP contribution in [0.15, 0.2) is 36.4 Å². The van der Waals surface area contributed by atoms with E-state index in [1.54, 1.807) is 36.2 Å². The van der Waals surface area contributed by atoms with Crippen LogP contribution >= 0.6 is 35.6 Å². The van der Waals surface area contributed by atoms with E-state index in [1.165, 1.54) is 16.9 Å². The van der Waals surface area contributed by atoms with Crippen molar-refractivity contribution in [2.24, 2.45) is 18.9 Å². The standard InChI is InChI=1S/C27H31Cl2F3N6O3.ClH/c1-3-37(14-17-4-6-19(7-5-17)25(39)40)24-9-8-23(41-27(30,31)32)12-20(24)16-38(26-33-35-36(2)34-26)15-18-10-21(28)13-22(29)11-18;/h8-13,17,19H,3-7,14-16H2,1-2H3,(H,39,40);1H. The Morgan fingerprint density at radius 3 is 2.29 bits per heavy atom. The molecule has 1 saturated carbocycles. The van der Waals surface area contributed by atoms with Crippen molar-refractivity contribution < 1.29 is 27.8 Å². The number of carbonyl (C=O) groups is 1. The molecule has 0 spiro atoms. The summed E-state index contributed by atoms with van der Waals surface area (Å²) in [6, 6.07) is 9.40. The molecular formula is C27H32Cl3F3N6O3. The molecule has 15 heteroatoms. The first kappa shape index (κ1) is 33.5. The normalized spacial score (nSPS) is 16.9. The van der Waals surface area contributed by atoms with Gasteiger partial charge in [0.15, 0.2) is 0 Å². The van der Waals surface area contributed by atoms with E-state index in [0.717, 1.165) is 24.1 Å². The van der Waals surface area contributed by atoms with Gasteiger partial charge in [-0.15, -0.1) is 30.7 Å². The first-order chi connectivity index (χ1) is 19.4. The highest BCUT2D eigenvalue weighted by Crippen LogP contribution is 2.35. The zero-order valence-corrected chi connectivity index (χ0v) is 25.3. The Bertz CT molecular complexity index is 1330. The number of nitrogens with zero attached hydrogens (tertiary/aromatic N) is 6. The zero-order valence-electron chi connectivity index (χ0n) is 23.0. The van der Waals surface area contributed by atoms with Crippen molar-refractivity contribution in [1.29, 1.82) is 0 Å². The molecule has 2 aromatic carbocycles. The molecule has 9 nitrogen and oxygen atoms in total. The molecule has 1 heterocycles. The number of rotatable bonds is 11. The first-order valence-electron chi connectivity index (χ1n) is 13.2. The maximum absolute atomic E-state index is 13.1. The lowest BCUT2D eigenvalue weighted by Crippen LogP contribution is -2.34. The molecule has 0 saturated heterocycles. The second-order valence-electron chi connectivity index (χ2n) is 10.1. The summed E-state index contributed by atoms with van der Waals surface area (Å²) in [7, 11) is 1.62. The summed E-state index contributed by atoms with van der Waals surface area (Å²) >= 11 is 12.4. The number of tetrazole rings is 1. The Labute approximate surface area is 257 Å². The number of anilines is 2. The molecule has 0 bridgehead atoms. The van der Waals surface area contributed by atoms with Crippen LogP contribution in [0, 0.1) is 11.8 Å². The monoisotopic (exact) mass is 650 g/mol. The minimum Gasteiger partial charge on any atom is -0.481 e. The van der Waals surface area contributed by atoms with Crippen LogP contribution in [0.3, 0.4) is 0 Å². The van der Waals surface area contributed by atoms with Gasteiger partial charge in [0.1, 0.15) is 5.75 Å². The third kappa shape index (κ3) is 9.27. The molecule has 1 N–H and O–H groups in total. The quantitative estimate of drug-likeness (QED) is 0.243. The van der Waals surface area contributed by atoms with Crippen LogP contribution in [0.4, 0.5) is 24.8 Å². The van der Waals surface area contributed by atoms with E-state index in [9.17, 15) is 23.1 Å². The molecule has 1 aromatic heterocycles. The van der Waals surface area contributed by atoms with E-state index >= 15 is 0 Å². The summed E-state index contributed by atoms with van der Waals surface area (Å²) in [4.78, 5) is 16.6. The summed E-state index contributed by atoms with van der Waals surface area (Å²) in [5, 5.41) is 22.6. The van der Waals surface area contributed by atoms with Crippen LogP contribution in [0.2, 0.25) is 10.0 Å². The van der Waals surface area contributed by atoms with Crippen molar-refractivity contribution in [2.45, 2.75) is 52.1 Å². The van der Waals surface area contributed by atoms with E-state index in [1.807, 2.05) is 6.92 Å². The molecule has 230 valence electrons. The number of ether oxygens (including phenoxy) is 1. The highest BCUT2D eigenvalue weighted by Gasteiger charge is 2.32. The second kappa shape index (κ2) is 14.5. The van der Waals surface area contributed by atoms with Crippen molar-refractivity contribution >= 4 is 53.2 Å². The van der Waals surface area contributed by atoms with Crippen molar-refractivity contribution in [3.8, 4) is 5.75 Å². The number of benzene rings is 2. The smallest absolute Gasteiger partial charge is 0.481 e. The van der Waals surface area contributed by atoms with Gasteiger partial charge >= 0.3 is 12.3 Å². The number of hydrogen-bond donors (Lipinski definition) is 1. The van der Waals surface area contributed by atoms with Crippen LogP contribution < -0.4 is 14.5 Å². The first-order valence-corrected chi connectivity index (χ1v) is 14.0. The number of alkyl halides is 3. The number of aliphatic carboxylic acids is 1. The summed E-state index contributed by atoms with van der Waals surface area (Å²) < 4.78 is 43.7. The van der Waals surface area contributed by atoms with E-state index < -0.39 is 12.3 Å². The van der Waals surface area contributed by atoms with E-state index in [0.29, 0.717) is 41.5 Å². The molecule has 1 aliphatic carbocycles. The molecule has 0 atom stereocenters. The second-order valence-corrected chi connectivity index (χ2v) is 11.0. The van der Waals surface area contributed by atoms with E-state index in [-0.39, 0.29) is 49.0 Å². The van der Waals surface area contributed by atoms with Gasteiger partial charge in [-0.3, -0.25) is 4.79 Å². The predicted molar refractivity (Wildman–Crippen MR) is 156 cm³/mol. The molecule has 0 radical (unpaired) electrons. The average molecular weight is 652 g/mol. The van der Waals surface area contributed by atoms with E-state index in [4.69, 9.17) is 23.2 Å². The maximum atomic E-state index is 13.1. The number of aromatic nitrogens is 4. The fraction of sp³-hybridized carbons (Fsp3) is 0.481. The van der Waals surface area contributed by atoms with Crippen LogP contribution in [0.1, 0.15) is 43.7 Å². The Morgan fingerprint density at radius 2 is 1.74 bits per heavy atom. The van der Waals surface area contributed by atoms with Crippen LogP contribution in [-0.2, 0) is 24.9 Å². The van der Waals surface area contributed by atoms with Gasteiger partial charge < -0.3 is 19.6 Å². The van der Waals surface area contributed by atoms with Gasteiger partial charge in [0.25, 0.3) is 5.95 Å². The molecular weight excluding hydrogens is 620 g/mol. The van der Waals surface area contributed by atoms with Gasteiger partial charge in [0.2, 0.25) is 0 Å². The Balaban J connectivity index is 0.00000484. The molecule has 0 amide bonds. The van der Waals surface area contributed by atoms with Crippen molar-refractivity contribution in [1.82, 2.24) is 20.2 Å². The molecule has 0 aliphatic heterocycles. The SMILES string of the molecule is CCN(CC1CCC(C(=O)O)CC1)c1ccc(OC(F)(F)F)cc1CN(Cc1cc(Cl)cc(Cl)c1)c1nnn(C)n1.Cl. The average Bonchev–Trinajstić information content (AvgIpc) is 3.32. The summed E-state index contributed by atoms with van der Waals surface area (Å²) in [5.41, 5.74) is 2.05. The lowest BCUT2D eigenvalue weighted by molar-refractivity contribution is -0.274. The predicted octanol–water partition coefficient (Wildman–Crippen LogP) is 6.76. The highest BCUT2D eigenvalue weighted by molar-refractivity contribution is 6.34. The summed E-state index contributed by atoms with van der Waals surface area (Å²) in [6.45, 7) is 3.59. The zero-order chi connectivity index (χ0) is 29.7. The third-order valence-electron chi connectivity index (χ3n) is 7.12. The molecule has 1 aliphatic rings. The van der Waals surface area contributed by atoms with Crippen LogP contribution in [0.25, 0.3) is 0 Å². The molecule has 0 unspecified atom stereocenters. The van der Waals surface area contributed by atoms with Crippen molar-refractivity contribution in [3.05, 3.63) is 57.6 Å². The van der Waals surface area contributed by atoms with E-state index in [2.05, 4.69) is 25.0 Å². The molecule has 1 fully saturated rings. The Hall–Kier alpha value is -2.96. The Kier molecular flexibility index (Phi) is 11.6. The lowest BCUT2D eigenvalue weighted by Gasteiger charge is -2.34. The topological polar surface area (TPSA) is 96.6 Å². The number of hydrogen-bond acceptors (Lipinski definition) is 7. The summed E-state index contributed by atoms with van der Waals surface area (Å²) in [5.74, 6) is -0.907. The van der Waals surface area contributed by atoms with Crippen molar-refractivity contribution in [2.75, 3.05) is 22.9 Å². The number of aryl methyl sites for hydroxylation is 1. The maximum Gasteiger partial charge on any atom is 0.573 e. The van der Waals surface area contributed by atoms with Gasteiger partial charge in [-0.2, -0.15) is 4.80 Å². The number of carboxylic acids is 1. The van der Waals surface area contributed by atoms with Gasteiger partial charge in [0.05, 0.1) is 13.0 Å². The largest absolute Gasteiger partial charge is 0.573 e. The fourth-order valence-electron chi connectivity index (χ4n) is 5.22. The third-order valence-corrected chi connectivity index (χ3v) is 7.56. The Morgan fingerprint density at radius 1 is 1.07 bits per heavy atom. The highest BCUT2D eigenvalue weighted by atomic mass is 35.5. The van der Waals surface area contributed by atoms with Gasteiger partial charge in [-0.05, 0) is 91.3 Å². The minimum absolute atomic E-state index is 0. The van der Waals surface area contributed by atoms with Crippen LogP contribution in [-0.4, -0.2) is 50.7 Å². The lowest BCUT2D eigenvalue weighted by atomic mass is 9.81. The van der Waals surface area contributed by atoms with Crippen LogP contribution in [0.5, 0.6) is 5.75 Å². The fourth-order valence-corrected chi connectivity index (χ4v) is 5.79. The molecule has 3 aromatic rings. The molecule has 42 heavy (non-hydrogen) atoms. The van der Waals surface area contributed by atoms with Gasteiger partial charge in [-0.1, -0.05) is 28.3 Å². The minimum atomic E-state index is -4.85. The van der Waals surface area contributed by atoms with Gasteiger partial charge in [-0.25, -0.2) is 0 Å². The number of halogens is 6. The number of carboxylic acid groups (broad SMARTS) is 1. The van der Waals surface area contributed by atoms with Gasteiger partial charge in [0, 0.05) is 41.9 Å². The van der Waals surface area contributed by atoms with Crippen molar-refractivity contribution in [3.63, 3.8) is 0 Å².